The number of amides is 1. The Kier molecular flexibility index (Phi) is 5.29. The molecule has 1 aromatic carbocycles. The van der Waals surface area contributed by atoms with Crippen LogP contribution in [0, 0.1) is 0 Å². The van der Waals surface area contributed by atoms with E-state index in [-0.39, 0.29) is 5.91 Å². The lowest BCUT2D eigenvalue weighted by atomic mass is 10.1. The van der Waals surface area contributed by atoms with E-state index in [1.54, 1.807) is 6.07 Å². The molecule has 110 valence electrons. The molecule has 2 aromatic rings. The van der Waals surface area contributed by atoms with Gasteiger partial charge in [0, 0.05) is 17.8 Å². The second-order valence-corrected chi connectivity index (χ2v) is 4.80. The highest BCUT2D eigenvalue weighted by Crippen LogP contribution is 2.11. The molecule has 0 radical (unpaired) electrons. The second kappa shape index (κ2) is 7.40. The van der Waals surface area contributed by atoms with E-state index in [0.717, 1.165) is 24.1 Å². The molecule has 5 nitrogen and oxygen atoms in total. The molecule has 0 saturated carbocycles. The molecule has 2 rings (SSSR count). The molecule has 0 aliphatic heterocycles. The van der Waals surface area contributed by atoms with E-state index in [0.29, 0.717) is 17.9 Å². The summed E-state index contributed by atoms with van der Waals surface area (Å²) in [6.07, 6.45) is 1.78. The lowest BCUT2D eigenvalue weighted by molar-refractivity contribution is 0.0950. The van der Waals surface area contributed by atoms with Crippen molar-refractivity contribution in [2.24, 2.45) is 5.84 Å². The van der Waals surface area contributed by atoms with Gasteiger partial charge in [-0.05, 0) is 24.1 Å². The summed E-state index contributed by atoms with van der Waals surface area (Å²) in [6, 6.07) is 13.3. The van der Waals surface area contributed by atoms with Crippen LogP contribution in [0.15, 0.2) is 42.5 Å². The highest BCUT2D eigenvalue weighted by Gasteiger charge is 2.09. The molecule has 0 aliphatic rings. The smallest absolute Gasteiger partial charge is 0.251 e. The lowest BCUT2D eigenvalue weighted by Gasteiger charge is -2.09. The van der Waals surface area contributed by atoms with E-state index in [2.05, 4.69) is 22.7 Å². The first-order valence-electron chi connectivity index (χ1n) is 7.02. The van der Waals surface area contributed by atoms with Crippen molar-refractivity contribution < 1.29 is 4.79 Å². The SMILES string of the molecule is CCCc1cc(C(=O)NCc2ccccc2)cc(NN)n1. The number of benzene rings is 1. The number of anilines is 1. The minimum Gasteiger partial charge on any atom is -0.348 e. The maximum Gasteiger partial charge on any atom is 0.251 e. The summed E-state index contributed by atoms with van der Waals surface area (Å²) in [4.78, 5) is 16.6. The molecule has 0 atom stereocenters. The molecule has 0 aliphatic carbocycles. The predicted octanol–water partition coefficient (Wildman–Crippen LogP) is 2.25. The van der Waals surface area contributed by atoms with Crippen molar-refractivity contribution in [1.82, 2.24) is 10.3 Å². The van der Waals surface area contributed by atoms with Crippen molar-refractivity contribution >= 4 is 11.7 Å². The van der Waals surface area contributed by atoms with E-state index in [9.17, 15) is 4.79 Å². The lowest BCUT2D eigenvalue weighted by Crippen LogP contribution is -2.23. The second-order valence-electron chi connectivity index (χ2n) is 4.80. The quantitative estimate of drug-likeness (QED) is 0.561. The van der Waals surface area contributed by atoms with Crippen LogP contribution in [0.3, 0.4) is 0 Å². The number of nitrogens with one attached hydrogen (secondary N) is 2. The van der Waals surface area contributed by atoms with Crippen LogP contribution in [-0.4, -0.2) is 10.9 Å². The summed E-state index contributed by atoms with van der Waals surface area (Å²) in [5.74, 6) is 5.78. The third-order valence-electron chi connectivity index (χ3n) is 3.09. The predicted molar refractivity (Wildman–Crippen MR) is 83.7 cm³/mol. The summed E-state index contributed by atoms with van der Waals surface area (Å²) < 4.78 is 0. The number of aryl methyl sites for hydroxylation is 1. The largest absolute Gasteiger partial charge is 0.348 e. The van der Waals surface area contributed by atoms with Gasteiger partial charge in [0.2, 0.25) is 0 Å². The Labute approximate surface area is 124 Å². The monoisotopic (exact) mass is 284 g/mol. The molecule has 4 N–H and O–H groups in total. The number of carbonyl (C=O) groups is 1. The van der Waals surface area contributed by atoms with Crippen molar-refractivity contribution in [2.75, 3.05) is 5.43 Å². The molecular weight excluding hydrogens is 264 g/mol. The summed E-state index contributed by atoms with van der Waals surface area (Å²) in [5, 5.41) is 2.90. The van der Waals surface area contributed by atoms with E-state index < -0.39 is 0 Å². The fourth-order valence-electron chi connectivity index (χ4n) is 2.06. The number of rotatable bonds is 6. The van der Waals surface area contributed by atoms with Gasteiger partial charge in [0.25, 0.3) is 5.91 Å². The number of nitrogens with two attached hydrogens (primary N) is 1. The fraction of sp³-hybridized carbons (Fsp3) is 0.250. The molecule has 0 saturated heterocycles. The number of nitrogens with zero attached hydrogens (tertiary/aromatic N) is 1. The highest BCUT2D eigenvalue weighted by molar-refractivity contribution is 5.94. The van der Waals surface area contributed by atoms with E-state index in [1.807, 2.05) is 36.4 Å². The van der Waals surface area contributed by atoms with Crippen LogP contribution < -0.4 is 16.6 Å². The van der Waals surface area contributed by atoms with Gasteiger partial charge in [0.1, 0.15) is 5.82 Å². The average Bonchev–Trinajstić information content (AvgIpc) is 2.53. The molecule has 1 amide bonds. The van der Waals surface area contributed by atoms with Crippen LogP contribution in [0.1, 0.15) is 35.0 Å². The maximum atomic E-state index is 12.2. The van der Waals surface area contributed by atoms with Crippen LogP contribution in [0.4, 0.5) is 5.82 Å². The van der Waals surface area contributed by atoms with Gasteiger partial charge in [0.05, 0.1) is 0 Å². The molecule has 0 spiro atoms. The minimum atomic E-state index is -0.130. The first-order valence-corrected chi connectivity index (χ1v) is 7.02. The number of carbonyl (C=O) groups excluding carboxylic acids is 1. The standard InChI is InChI=1S/C16H20N4O/c1-2-6-14-9-13(10-15(19-14)20-17)16(21)18-11-12-7-4-3-5-8-12/h3-5,7-10H,2,6,11,17H2,1H3,(H,18,21)(H,19,20). The van der Waals surface area contributed by atoms with Crippen molar-refractivity contribution in [2.45, 2.75) is 26.3 Å². The topological polar surface area (TPSA) is 80.0 Å². The summed E-state index contributed by atoms with van der Waals surface area (Å²) >= 11 is 0. The molecule has 0 unspecified atom stereocenters. The molecule has 0 fully saturated rings. The summed E-state index contributed by atoms with van der Waals surface area (Å²) in [7, 11) is 0. The maximum absolute atomic E-state index is 12.2. The van der Waals surface area contributed by atoms with Crippen LogP contribution >= 0.6 is 0 Å². The van der Waals surface area contributed by atoms with Gasteiger partial charge in [0.15, 0.2) is 0 Å². The van der Waals surface area contributed by atoms with Crippen LogP contribution in [0.5, 0.6) is 0 Å². The highest BCUT2D eigenvalue weighted by atomic mass is 16.1. The van der Waals surface area contributed by atoms with E-state index in [4.69, 9.17) is 5.84 Å². The number of nitrogen functional groups attached to an aromatic ring is 1. The van der Waals surface area contributed by atoms with Crippen molar-refractivity contribution in [3.63, 3.8) is 0 Å². The summed E-state index contributed by atoms with van der Waals surface area (Å²) in [6.45, 7) is 2.57. The Morgan fingerprint density at radius 2 is 2.00 bits per heavy atom. The molecule has 1 heterocycles. The number of hydrogen-bond donors (Lipinski definition) is 3. The van der Waals surface area contributed by atoms with Gasteiger partial charge in [-0.2, -0.15) is 0 Å². The van der Waals surface area contributed by atoms with Crippen LogP contribution in [0.2, 0.25) is 0 Å². The van der Waals surface area contributed by atoms with Gasteiger partial charge in [-0.3, -0.25) is 4.79 Å². The van der Waals surface area contributed by atoms with Crippen molar-refractivity contribution in [3.05, 3.63) is 59.3 Å². The number of hydrogen-bond acceptors (Lipinski definition) is 4. The zero-order valence-corrected chi connectivity index (χ0v) is 12.1. The average molecular weight is 284 g/mol. The number of pyridine rings is 1. The summed E-state index contributed by atoms with van der Waals surface area (Å²) in [5.41, 5.74) is 4.99. The third kappa shape index (κ3) is 4.29. The Bertz CT molecular complexity index is 598. The molecule has 0 bridgehead atoms. The minimum absolute atomic E-state index is 0.130. The van der Waals surface area contributed by atoms with Crippen molar-refractivity contribution in [3.8, 4) is 0 Å². The molecule has 1 aromatic heterocycles. The van der Waals surface area contributed by atoms with Gasteiger partial charge in [-0.25, -0.2) is 10.8 Å². The Balaban J connectivity index is 2.09. The van der Waals surface area contributed by atoms with Gasteiger partial charge >= 0.3 is 0 Å². The Hall–Kier alpha value is -2.40. The van der Waals surface area contributed by atoms with Gasteiger partial charge < -0.3 is 10.7 Å². The van der Waals surface area contributed by atoms with Crippen LogP contribution in [-0.2, 0) is 13.0 Å². The van der Waals surface area contributed by atoms with Gasteiger partial charge in [-0.1, -0.05) is 43.7 Å². The first kappa shape index (κ1) is 15.0. The third-order valence-corrected chi connectivity index (χ3v) is 3.09. The van der Waals surface area contributed by atoms with E-state index in [1.165, 1.54) is 0 Å². The van der Waals surface area contributed by atoms with Crippen LogP contribution in [0.25, 0.3) is 0 Å². The Morgan fingerprint density at radius 3 is 2.67 bits per heavy atom. The molecular formula is C16H20N4O. The van der Waals surface area contributed by atoms with E-state index >= 15 is 0 Å². The fourth-order valence-corrected chi connectivity index (χ4v) is 2.06. The molecule has 5 heteroatoms. The Morgan fingerprint density at radius 1 is 1.24 bits per heavy atom. The molecule has 21 heavy (non-hydrogen) atoms. The normalized spacial score (nSPS) is 10.2. The zero-order valence-electron chi connectivity index (χ0n) is 12.1. The first-order chi connectivity index (χ1) is 10.2. The number of hydrazine groups is 1. The van der Waals surface area contributed by atoms with Gasteiger partial charge in [-0.15, -0.1) is 0 Å². The zero-order chi connectivity index (χ0) is 15.1. The van der Waals surface area contributed by atoms with Crippen molar-refractivity contribution in [1.29, 1.82) is 0 Å². The number of aromatic nitrogens is 1.